The van der Waals surface area contributed by atoms with Crippen LogP contribution in [0.25, 0.3) is 0 Å². The van der Waals surface area contributed by atoms with Crippen LogP contribution in [0, 0.1) is 12.7 Å². The Morgan fingerprint density at radius 2 is 1.43 bits per heavy atom. The Hall–Kier alpha value is -2.66. The van der Waals surface area contributed by atoms with Crippen LogP contribution in [0.3, 0.4) is 0 Å². The van der Waals surface area contributed by atoms with Gasteiger partial charge in [-0.3, -0.25) is 0 Å². The second-order valence-corrected chi connectivity index (χ2v) is 5.30. The van der Waals surface area contributed by atoms with Crippen LogP contribution in [0.5, 0.6) is 0 Å². The van der Waals surface area contributed by atoms with Crippen LogP contribution in [0.1, 0.15) is 5.82 Å². The van der Waals surface area contributed by atoms with Gasteiger partial charge in [-0.05, 0) is 31.2 Å². The molecule has 0 saturated carbocycles. The minimum Gasteiger partial charge on any atom is -0.339 e. The number of nitrogens with zero attached hydrogens (tertiary/aromatic N) is 2. The lowest BCUT2D eigenvalue weighted by Crippen LogP contribution is -2.02. The van der Waals surface area contributed by atoms with Crippen molar-refractivity contribution < 1.29 is 4.39 Å². The lowest BCUT2D eigenvalue weighted by molar-refractivity contribution is 0.632. The van der Waals surface area contributed by atoms with E-state index in [-0.39, 0.29) is 5.82 Å². The molecule has 2 aromatic carbocycles. The summed E-state index contributed by atoms with van der Waals surface area (Å²) in [7, 11) is 0. The van der Waals surface area contributed by atoms with Crippen LogP contribution in [0.2, 0.25) is 5.02 Å². The van der Waals surface area contributed by atoms with Gasteiger partial charge in [-0.1, -0.05) is 35.9 Å². The molecular formula is C17H14ClFN4. The molecule has 0 fully saturated rings. The number of nitrogens with one attached hydrogen (secondary N) is 2. The summed E-state index contributed by atoms with van der Waals surface area (Å²) in [4.78, 5) is 8.59. The molecule has 0 atom stereocenters. The largest absolute Gasteiger partial charge is 0.339 e. The second-order valence-electron chi connectivity index (χ2n) is 4.90. The third kappa shape index (κ3) is 3.76. The molecule has 0 unspecified atom stereocenters. The van der Waals surface area contributed by atoms with E-state index >= 15 is 0 Å². The topological polar surface area (TPSA) is 49.8 Å². The van der Waals surface area contributed by atoms with Crippen molar-refractivity contribution >= 4 is 34.6 Å². The van der Waals surface area contributed by atoms with E-state index in [4.69, 9.17) is 11.6 Å². The molecule has 0 radical (unpaired) electrons. The summed E-state index contributed by atoms with van der Waals surface area (Å²) in [5.41, 5.74) is 1.10. The van der Waals surface area contributed by atoms with E-state index in [1.165, 1.54) is 6.07 Å². The van der Waals surface area contributed by atoms with E-state index < -0.39 is 0 Å². The van der Waals surface area contributed by atoms with Crippen molar-refractivity contribution in [2.24, 2.45) is 0 Å². The van der Waals surface area contributed by atoms with Gasteiger partial charge in [0.15, 0.2) is 0 Å². The number of anilines is 4. The van der Waals surface area contributed by atoms with E-state index in [1.807, 2.05) is 18.2 Å². The fourth-order valence-electron chi connectivity index (χ4n) is 2.10. The van der Waals surface area contributed by atoms with Crippen molar-refractivity contribution in [1.29, 1.82) is 0 Å². The molecule has 0 saturated heterocycles. The quantitative estimate of drug-likeness (QED) is 0.702. The SMILES string of the molecule is Cc1nc(Nc2ccccc2F)cc(Nc2ccccc2Cl)n1. The minimum absolute atomic E-state index is 0.343. The van der Waals surface area contributed by atoms with E-state index in [2.05, 4.69) is 20.6 Å². The van der Waals surface area contributed by atoms with Crippen molar-refractivity contribution in [3.63, 3.8) is 0 Å². The first-order valence-electron chi connectivity index (χ1n) is 7.00. The van der Waals surface area contributed by atoms with Gasteiger partial charge in [0.1, 0.15) is 23.3 Å². The Labute approximate surface area is 138 Å². The first kappa shape index (κ1) is 15.2. The number of hydrogen-bond acceptors (Lipinski definition) is 4. The average Bonchev–Trinajstić information content (AvgIpc) is 2.51. The highest BCUT2D eigenvalue weighted by atomic mass is 35.5. The number of aromatic nitrogens is 2. The van der Waals surface area contributed by atoms with E-state index in [0.717, 1.165) is 5.69 Å². The molecule has 0 amide bonds. The third-order valence-electron chi connectivity index (χ3n) is 3.11. The fraction of sp³-hybridized carbons (Fsp3) is 0.0588. The highest BCUT2D eigenvalue weighted by Gasteiger charge is 2.07. The fourth-order valence-corrected chi connectivity index (χ4v) is 2.28. The molecule has 0 aliphatic rings. The summed E-state index contributed by atoms with van der Waals surface area (Å²) >= 11 is 6.13. The number of para-hydroxylation sites is 2. The monoisotopic (exact) mass is 328 g/mol. The minimum atomic E-state index is -0.343. The Kier molecular flexibility index (Phi) is 4.39. The highest BCUT2D eigenvalue weighted by molar-refractivity contribution is 6.33. The Morgan fingerprint density at radius 1 is 0.870 bits per heavy atom. The molecule has 3 aromatic rings. The van der Waals surface area contributed by atoms with Crippen LogP contribution in [-0.2, 0) is 0 Å². The Morgan fingerprint density at radius 3 is 2.09 bits per heavy atom. The summed E-state index contributed by atoms with van der Waals surface area (Å²) in [6.45, 7) is 1.77. The summed E-state index contributed by atoms with van der Waals surface area (Å²) in [6, 6.07) is 15.5. The summed E-state index contributed by atoms with van der Waals surface area (Å²) < 4.78 is 13.7. The maximum atomic E-state index is 13.7. The molecule has 6 heteroatoms. The maximum Gasteiger partial charge on any atom is 0.146 e. The van der Waals surface area contributed by atoms with Crippen LogP contribution < -0.4 is 10.6 Å². The van der Waals surface area contributed by atoms with Gasteiger partial charge in [0, 0.05) is 6.07 Å². The van der Waals surface area contributed by atoms with E-state index in [9.17, 15) is 4.39 Å². The van der Waals surface area contributed by atoms with Gasteiger partial charge >= 0.3 is 0 Å². The molecule has 0 bridgehead atoms. The van der Waals surface area contributed by atoms with Crippen LogP contribution in [0.15, 0.2) is 54.6 Å². The first-order chi connectivity index (χ1) is 11.1. The average molecular weight is 329 g/mol. The van der Waals surface area contributed by atoms with Gasteiger partial charge in [0.25, 0.3) is 0 Å². The lowest BCUT2D eigenvalue weighted by atomic mass is 10.3. The molecule has 0 aliphatic heterocycles. The summed E-state index contributed by atoms with van der Waals surface area (Å²) in [5, 5.41) is 6.68. The molecule has 4 nitrogen and oxygen atoms in total. The predicted molar refractivity (Wildman–Crippen MR) is 91.2 cm³/mol. The van der Waals surface area contributed by atoms with Crippen LogP contribution >= 0.6 is 11.6 Å². The van der Waals surface area contributed by atoms with Gasteiger partial charge in [0.05, 0.1) is 16.4 Å². The molecular weight excluding hydrogens is 315 g/mol. The molecule has 116 valence electrons. The van der Waals surface area contributed by atoms with Gasteiger partial charge < -0.3 is 10.6 Å². The molecule has 1 aromatic heterocycles. The molecule has 23 heavy (non-hydrogen) atoms. The molecule has 1 heterocycles. The van der Waals surface area contributed by atoms with E-state index in [0.29, 0.717) is 28.2 Å². The summed E-state index contributed by atoms with van der Waals surface area (Å²) in [6.07, 6.45) is 0. The van der Waals surface area contributed by atoms with E-state index in [1.54, 1.807) is 37.3 Å². The van der Waals surface area contributed by atoms with Crippen molar-refractivity contribution in [2.75, 3.05) is 10.6 Å². The molecule has 0 aliphatic carbocycles. The molecule has 3 rings (SSSR count). The van der Waals surface area contributed by atoms with Crippen LogP contribution in [-0.4, -0.2) is 9.97 Å². The lowest BCUT2D eigenvalue weighted by Gasteiger charge is -2.11. The standard InChI is InChI=1S/C17H14ClFN4/c1-11-20-16(22-14-8-4-2-6-12(14)18)10-17(21-11)23-15-9-5-3-7-13(15)19/h2-10H,1H3,(H2,20,21,22,23). The van der Waals surface area contributed by atoms with Crippen molar-refractivity contribution in [3.05, 3.63) is 71.3 Å². The van der Waals surface area contributed by atoms with Crippen molar-refractivity contribution in [1.82, 2.24) is 9.97 Å². The number of halogens is 2. The third-order valence-corrected chi connectivity index (χ3v) is 3.44. The summed E-state index contributed by atoms with van der Waals surface area (Å²) in [5.74, 6) is 1.28. The number of hydrogen-bond donors (Lipinski definition) is 2. The Balaban J connectivity index is 1.88. The van der Waals surface area contributed by atoms with Gasteiger partial charge in [-0.2, -0.15) is 0 Å². The predicted octanol–water partition coefficient (Wildman–Crippen LogP) is 5.06. The second kappa shape index (κ2) is 6.62. The highest BCUT2D eigenvalue weighted by Crippen LogP contribution is 2.26. The van der Waals surface area contributed by atoms with Crippen LogP contribution in [0.4, 0.5) is 27.4 Å². The smallest absolute Gasteiger partial charge is 0.146 e. The van der Waals surface area contributed by atoms with Gasteiger partial charge in [-0.25, -0.2) is 14.4 Å². The van der Waals surface area contributed by atoms with Gasteiger partial charge in [-0.15, -0.1) is 0 Å². The zero-order valence-electron chi connectivity index (χ0n) is 12.3. The maximum absolute atomic E-state index is 13.7. The van der Waals surface area contributed by atoms with Gasteiger partial charge in [0.2, 0.25) is 0 Å². The number of rotatable bonds is 4. The molecule has 0 spiro atoms. The number of benzene rings is 2. The van der Waals surface area contributed by atoms with Crippen molar-refractivity contribution in [3.8, 4) is 0 Å². The zero-order valence-corrected chi connectivity index (χ0v) is 13.1. The normalized spacial score (nSPS) is 10.4. The first-order valence-corrected chi connectivity index (χ1v) is 7.38. The zero-order chi connectivity index (χ0) is 16.2. The Bertz CT molecular complexity index is 773. The molecule has 2 N–H and O–H groups in total. The van der Waals surface area contributed by atoms with Crippen molar-refractivity contribution in [2.45, 2.75) is 6.92 Å². The number of aryl methyl sites for hydroxylation is 1.